The molecule has 0 heterocycles. The van der Waals surface area contributed by atoms with Crippen molar-refractivity contribution >= 4 is 33.4 Å². The Labute approximate surface area is 95.8 Å². The van der Waals surface area contributed by atoms with Crippen LogP contribution in [-0.2, 0) is 0 Å². The largest absolute Gasteiger partial charge is 0.349 e. The molecule has 1 aliphatic rings. The molecule has 4 heteroatoms. The number of amides is 1. The highest BCUT2D eigenvalue weighted by Gasteiger charge is 2.23. The van der Waals surface area contributed by atoms with Crippen LogP contribution in [-0.4, -0.2) is 11.9 Å². The van der Waals surface area contributed by atoms with E-state index >= 15 is 0 Å². The van der Waals surface area contributed by atoms with Gasteiger partial charge in [0.1, 0.15) is 0 Å². The summed E-state index contributed by atoms with van der Waals surface area (Å²) in [7, 11) is 0. The van der Waals surface area contributed by atoms with Gasteiger partial charge in [0.05, 0.1) is 5.02 Å². The van der Waals surface area contributed by atoms with Gasteiger partial charge < -0.3 is 5.32 Å². The van der Waals surface area contributed by atoms with Gasteiger partial charge in [-0.15, -0.1) is 0 Å². The second-order valence-corrected chi connectivity index (χ2v) is 4.64. The number of hydrogen-bond donors (Lipinski definition) is 1. The lowest BCUT2D eigenvalue weighted by molar-refractivity contribution is 0.0951. The highest BCUT2D eigenvalue weighted by Crippen LogP contribution is 2.24. The van der Waals surface area contributed by atoms with E-state index in [-0.39, 0.29) is 5.91 Å². The highest BCUT2D eigenvalue weighted by atomic mass is 79.9. The Kier molecular flexibility index (Phi) is 2.79. The van der Waals surface area contributed by atoms with Crippen molar-refractivity contribution in [3.05, 3.63) is 33.3 Å². The van der Waals surface area contributed by atoms with Crippen LogP contribution < -0.4 is 5.32 Å². The van der Waals surface area contributed by atoms with E-state index in [1.165, 1.54) is 0 Å². The van der Waals surface area contributed by atoms with Gasteiger partial charge in [0.2, 0.25) is 0 Å². The van der Waals surface area contributed by atoms with E-state index in [1.807, 2.05) is 0 Å². The number of benzene rings is 1. The Balaban J connectivity index is 2.14. The average Bonchev–Trinajstić information content (AvgIpc) is 2.93. The lowest BCUT2D eigenvalue weighted by atomic mass is 10.2. The maximum atomic E-state index is 11.6. The van der Waals surface area contributed by atoms with Crippen molar-refractivity contribution in [3.8, 4) is 0 Å². The maximum absolute atomic E-state index is 11.6. The number of halogens is 2. The molecule has 2 nitrogen and oxygen atoms in total. The molecule has 2 rings (SSSR count). The van der Waals surface area contributed by atoms with Crippen LogP contribution in [0.25, 0.3) is 0 Å². The molecule has 14 heavy (non-hydrogen) atoms. The third-order valence-electron chi connectivity index (χ3n) is 2.09. The summed E-state index contributed by atoms with van der Waals surface area (Å²) >= 11 is 9.16. The van der Waals surface area contributed by atoms with Crippen LogP contribution in [0.2, 0.25) is 5.02 Å². The smallest absolute Gasteiger partial charge is 0.251 e. The first-order valence-electron chi connectivity index (χ1n) is 4.43. The SMILES string of the molecule is O=C(NC1CC1)c1ccc(Br)c(Cl)c1. The standard InChI is InChI=1S/C10H9BrClNO/c11-8-4-1-6(5-9(8)12)10(14)13-7-2-3-7/h1,4-5,7H,2-3H2,(H,13,14). The predicted octanol–water partition coefficient (Wildman–Crippen LogP) is 2.99. The van der Waals surface area contributed by atoms with Crippen molar-refractivity contribution < 1.29 is 4.79 Å². The highest BCUT2D eigenvalue weighted by molar-refractivity contribution is 9.10. The van der Waals surface area contributed by atoms with E-state index in [9.17, 15) is 4.79 Å². The Morgan fingerprint density at radius 3 is 2.79 bits per heavy atom. The van der Waals surface area contributed by atoms with Crippen molar-refractivity contribution in [3.63, 3.8) is 0 Å². The minimum atomic E-state index is -0.0399. The molecule has 0 saturated heterocycles. The lowest BCUT2D eigenvalue weighted by Crippen LogP contribution is -2.25. The third kappa shape index (κ3) is 2.28. The number of carbonyl (C=O) groups excluding carboxylic acids is 1. The van der Waals surface area contributed by atoms with Gasteiger partial charge in [-0.3, -0.25) is 4.79 Å². The van der Waals surface area contributed by atoms with E-state index in [4.69, 9.17) is 11.6 Å². The fraction of sp³-hybridized carbons (Fsp3) is 0.300. The van der Waals surface area contributed by atoms with Crippen LogP contribution >= 0.6 is 27.5 Å². The van der Waals surface area contributed by atoms with Crippen LogP contribution in [0.5, 0.6) is 0 Å². The molecular weight excluding hydrogens is 265 g/mol. The second-order valence-electron chi connectivity index (χ2n) is 3.38. The van der Waals surface area contributed by atoms with Gasteiger partial charge in [-0.05, 0) is 47.0 Å². The molecule has 1 N–H and O–H groups in total. The van der Waals surface area contributed by atoms with E-state index in [0.29, 0.717) is 16.6 Å². The molecule has 0 atom stereocenters. The Morgan fingerprint density at radius 1 is 1.50 bits per heavy atom. The quantitative estimate of drug-likeness (QED) is 0.882. The summed E-state index contributed by atoms with van der Waals surface area (Å²) in [6.07, 6.45) is 2.19. The normalized spacial score (nSPS) is 15.3. The molecule has 0 aliphatic heterocycles. The summed E-state index contributed by atoms with van der Waals surface area (Å²) < 4.78 is 0.808. The second kappa shape index (κ2) is 3.91. The van der Waals surface area contributed by atoms with E-state index < -0.39 is 0 Å². The van der Waals surface area contributed by atoms with Gasteiger partial charge in [-0.25, -0.2) is 0 Å². The molecule has 0 radical (unpaired) electrons. The van der Waals surface area contributed by atoms with Crippen LogP contribution in [0.15, 0.2) is 22.7 Å². The van der Waals surface area contributed by atoms with Crippen molar-refractivity contribution in [1.82, 2.24) is 5.32 Å². The maximum Gasteiger partial charge on any atom is 0.251 e. The molecule has 1 amide bonds. The first kappa shape index (κ1) is 9.99. The first-order valence-corrected chi connectivity index (χ1v) is 5.60. The van der Waals surface area contributed by atoms with E-state index in [1.54, 1.807) is 18.2 Å². The van der Waals surface area contributed by atoms with Crippen LogP contribution in [0.4, 0.5) is 0 Å². The minimum Gasteiger partial charge on any atom is -0.349 e. The van der Waals surface area contributed by atoms with Gasteiger partial charge in [0.25, 0.3) is 5.91 Å². The summed E-state index contributed by atoms with van der Waals surface area (Å²) in [4.78, 5) is 11.6. The molecule has 0 spiro atoms. The fourth-order valence-corrected chi connectivity index (χ4v) is 1.56. The van der Waals surface area contributed by atoms with Crippen molar-refractivity contribution in [2.45, 2.75) is 18.9 Å². The van der Waals surface area contributed by atoms with Gasteiger partial charge in [-0.1, -0.05) is 11.6 Å². The van der Waals surface area contributed by atoms with Crippen molar-refractivity contribution in [2.75, 3.05) is 0 Å². The molecule has 1 aromatic rings. The number of hydrogen-bond acceptors (Lipinski definition) is 1. The van der Waals surface area contributed by atoms with E-state index in [0.717, 1.165) is 17.3 Å². The average molecular weight is 275 g/mol. The number of nitrogens with one attached hydrogen (secondary N) is 1. The molecule has 1 fully saturated rings. The van der Waals surface area contributed by atoms with Crippen LogP contribution in [0.1, 0.15) is 23.2 Å². The minimum absolute atomic E-state index is 0.0399. The third-order valence-corrected chi connectivity index (χ3v) is 3.33. The summed E-state index contributed by atoms with van der Waals surface area (Å²) in [6, 6.07) is 5.59. The molecule has 0 aromatic heterocycles. The Bertz CT molecular complexity index is 376. The Morgan fingerprint density at radius 2 is 2.21 bits per heavy atom. The summed E-state index contributed by atoms with van der Waals surface area (Å²) in [5.74, 6) is -0.0399. The van der Waals surface area contributed by atoms with Crippen molar-refractivity contribution in [2.24, 2.45) is 0 Å². The summed E-state index contributed by atoms with van der Waals surface area (Å²) in [5.41, 5.74) is 0.616. The zero-order valence-corrected chi connectivity index (χ0v) is 9.73. The molecule has 1 saturated carbocycles. The molecule has 1 aliphatic carbocycles. The van der Waals surface area contributed by atoms with Gasteiger partial charge in [0.15, 0.2) is 0 Å². The summed E-state index contributed by atoms with van der Waals surface area (Å²) in [6.45, 7) is 0. The monoisotopic (exact) mass is 273 g/mol. The zero-order chi connectivity index (χ0) is 10.1. The molecule has 1 aromatic carbocycles. The summed E-state index contributed by atoms with van der Waals surface area (Å²) in [5, 5.41) is 3.47. The van der Waals surface area contributed by atoms with Gasteiger partial charge >= 0.3 is 0 Å². The predicted molar refractivity (Wildman–Crippen MR) is 59.6 cm³/mol. The topological polar surface area (TPSA) is 29.1 Å². The fourth-order valence-electron chi connectivity index (χ4n) is 1.13. The number of carbonyl (C=O) groups is 1. The molecular formula is C10H9BrClNO. The van der Waals surface area contributed by atoms with Crippen molar-refractivity contribution in [1.29, 1.82) is 0 Å². The van der Waals surface area contributed by atoms with Gasteiger partial charge in [0, 0.05) is 16.1 Å². The number of rotatable bonds is 2. The van der Waals surface area contributed by atoms with E-state index in [2.05, 4.69) is 21.2 Å². The van der Waals surface area contributed by atoms with Crippen LogP contribution in [0.3, 0.4) is 0 Å². The lowest BCUT2D eigenvalue weighted by Gasteiger charge is -2.04. The molecule has 0 unspecified atom stereocenters. The van der Waals surface area contributed by atoms with Gasteiger partial charge in [-0.2, -0.15) is 0 Å². The zero-order valence-electron chi connectivity index (χ0n) is 7.39. The Hall–Kier alpha value is -0.540. The molecule has 74 valence electrons. The van der Waals surface area contributed by atoms with Crippen LogP contribution in [0, 0.1) is 0 Å². The first-order chi connectivity index (χ1) is 6.66. The molecule has 0 bridgehead atoms.